The molecular formula is C49H55F3N6O7S. The number of hydrogen-bond donors (Lipinski definition) is 2. The molecule has 1 unspecified atom stereocenters. The first-order chi connectivity index (χ1) is 31.4. The van der Waals surface area contributed by atoms with Gasteiger partial charge in [-0.15, -0.1) is 0 Å². The van der Waals surface area contributed by atoms with Gasteiger partial charge in [-0.1, -0.05) is 25.5 Å². The maximum absolute atomic E-state index is 14.1. The van der Waals surface area contributed by atoms with Crippen molar-refractivity contribution in [2.24, 2.45) is 5.41 Å². The predicted octanol–water partition coefficient (Wildman–Crippen LogP) is 10.4. The Morgan fingerprint density at radius 2 is 1.85 bits per heavy atom. The van der Waals surface area contributed by atoms with E-state index < -0.39 is 43.7 Å². The molecule has 2 fully saturated rings. The number of nitro benzene ring substituents is 1. The van der Waals surface area contributed by atoms with Crippen LogP contribution in [0.1, 0.15) is 85.8 Å². The maximum atomic E-state index is 14.1. The Balaban J connectivity index is 0.996. The molecule has 17 heteroatoms. The molecule has 2 aliphatic heterocycles. The van der Waals surface area contributed by atoms with Crippen LogP contribution in [0.3, 0.4) is 0 Å². The lowest BCUT2D eigenvalue weighted by atomic mass is 9.72. The summed E-state index contributed by atoms with van der Waals surface area (Å²) in [4.78, 5) is 37.1. The first kappa shape index (κ1) is 46.7. The minimum atomic E-state index is -4.41. The average Bonchev–Trinajstić information content (AvgIpc) is 3.75. The molecule has 0 amide bonds. The number of nitrogens with zero attached hydrogens (tertiary/aromatic N) is 4. The van der Waals surface area contributed by atoms with Crippen LogP contribution in [0, 0.1) is 22.5 Å². The Morgan fingerprint density at radius 1 is 1.05 bits per heavy atom. The van der Waals surface area contributed by atoms with E-state index in [2.05, 4.69) is 38.9 Å². The number of alkyl halides is 3. The first-order valence-electron chi connectivity index (χ1n) is 22.4. The number of carbonyl (C=O) groups is 1. The van der Waals surface area contributed by atoms with E-state index in [0.29, 0.717) is 69.3 Å². The Hall–Kier alpha value is -5.78. The highest BCUT2D eigenvalue weighted by Crippen LogP contribution is 2.45. The van der Waals surface area contributed by atoms with Crippen molar-refractivity contribution in [3.63, 3.8) is 0 Å². The van der Waals surface area contributed by atoms with Gasteiger partial charge in [-0.05, 0) is 123 Å². The topological polar surface area (TPSA) is 160 Å². The van der Waals surface area contributed by atoms with E-state index in [0.717, 1.165) is 66.8 Å². The summed E-state index contributed by atoms with van der Waals surface area (Å²) >= 11 is 0. The molecule has 0 spiro atoms. The van der Waals surface area contributed by atoms with Crippen molar-refractivity contribution in [1.29, 1.82) is 0 Å². The number of halogens is 3. The summed E-state index contributed by atoms with van der Waals surface area (Å²) in [5.41, 5.74) is 4.40. The van der Waals surface area contributed by atoms with Gasteiger partial charge >= 0.3 is 6.18 Å². The van der Waals surface area contributed by atoms with Gasteiger partial charge in [-0.3, -0.25) is 19.8 Å². The van der Waals surface area contributed by atoms with Crippen LogP contribution >= 0.6 is 0 Å². The van der Waals surface area contributed by atoms with Crippen LogP contribution in [0.4, 0.5) is 30.2 Å². The molecule has 13 nitrogen and oxygen atoms in total. The molecule has 2 saturated heterocycles. The highest BCUT2D eigenvalue weighted by Gasteiger charge is 2.34. The molecular weight excluding hydrogens is 874 g/mol. The normalized spacial score (nSPS) is 18.4. The summed E-state index contributed by atoms with van der Waals surface area (Å²) in [6.45, 7) is 10.6. The fourth-order valence-electron chi connectivity index (χ4n) is 9.27. The van der Waals surface area contributed by atoms with Gasteiger partial charge in [0.2, 0.25) is 0 Å². The van der Waals surface area contributed by atoms with Gasteiger partial charge in [0.15, 0.2) is 15.6 Å². The number of aromatic nitrogens is 2. The van der Waals surface area contributed by atoms with Crippen molar-refractivity contribution in [3.8, 4) is 11.5 Å². The highest BCUT2D eigenvalue weighted by atomic mass is 32.2. The molecule has 1 atom stereocenters. The molecule has 66 heavy (non-hydrogen) atoms. The lowest BCUT2D eigenvalue weighted by Crippen LogP contribution is -2.47. The molecule has 8 rings (SSSR count). The first-order valence-corrected chi connectivity index (χ1v) is 24.1. The maximum Gasteiger partial charge on any atom is 0.416 e. The zero-order valence-electron chi connectivity index (χ0n) is 37.4. The van der Waals surface area contributed by atoms with Gasteiger partial charge in [0, 0.05) is 75.3 Å². The molecule has 3 aromatic carbocycles. The van der Waals surface area contributed by atoms with E-state index >= 15 is 0 Å². The second-order valence-corrected chi connectivity index (χ2v) is 20.4. The average molecular weight is 929 g/mol. The third-order valence-electron chi connectivity index (χ3n) is 13.0. The van der Waals surface area contributed by atoms with Crippen LogP contribution in [0.5, 0.6) is 11.5 Å². The number of piperazine rings is 1. The number of benzene rings is 3. The Kier molecular flexibility index (Phi) is 13.6. The SMILES string of the molecule is Cc1cc(C(F)(F)F)ccc1C1=C(CN2CCN(c3ccc(C(=O)CS(=O)(=O)c4ccc(NCCC5CCCCO5)c([N+](=O)[O-])c4)c(Oc4cnc5[nH]ccc5c4)c3)CC2)CCC(C)(C)C1. The molecule has 350 valence electrons. The number of hydrogen-bond acceptors (Lipinski definition) is 11. The molecule has 4 heterocycles. The summed E-state index contributed by atoms with van der Waals surface area (Å²) in [5.74, 6) is -1.25. The second-order valence-electron chi connectivity index (χ2n) is 18.4. The number of fused-ring (bicyclic) bond motifs is 1. The number of sulfone groups is 1. The van der Waals surface area contributed by atoms with Crippen LogP contribution in [0.2, 0.25) is 0 Å². The van der Waals surface area contributed by atoms with Crippen LogP contribution < -0.4 is 15.0 Å². The van der Waals surface area contributed by atoms with Crippen LogP contribution in [0.15, 0.2) is 89.6 Å². The monoisotopic (exact) mass is 928 g/mol. The number of nitrogens with one attached hydrogen (secondary N) is 2. The zero-order chi connectivity index (χ0) is 46.8. The minimum Gasteiger partial charge on any atom is -0.455 e. The summed E-state index contributed by atoms with van der Waals surface area (Å²) in [6.07, 6.45) is 5.14. The summed E-state index contributed by atoms with van der Waals surface area (Å²) in [7, 11) is -4.36. The van der Waals surface area contributed by atoms with Crippen LogP contribution in [-0.4, -0.2) is 91.7 Å². The summed E-state index contributed by atoms with van der Waals surface area (Å²) in [6, 6.07) is 16.3. The van der Waals surface area contributed by atoms with Gasteiger partial charge in [0.05, 0.1) is 33.2 Å². The quantitative estimate of drug-likeness (QED) is 0.0584. The van der Waals surface area contributed by atoms with Crippen molar-refractivity contribution in [3.05, 3.63) is 117 Å². The van der Waals surface area contributed by atoms with Crippen LogP contribution in [0.25, 0.3) is 16.6 Å². The van der Waals surface area contributed by atoms with E-state index in [1.54, 1.807) is 43.5 Å². The number of aryl methyl sites for hydroxylation is 1. The fourth-order valence-corrected chi connectivity index (χ4v) is 10.5. The Morgan fingerprint density at radius 3 is 2.58 bits per heavy atom. The van der Waals surface area contributed by atoms with E-state index in [-0.39, 0.29) is 33.4 Å². The number of Topliss-reactive ketones (excluding diaryl/α,β-unsaturated/α-hetero) is 1. The number of anilines is 2. The van der Waals surface area contributed by atoms with Crippen LogP contribution in [-0.2, 0) is 20.8 Å². The number of H-pyrrole nitrogens is 1. The third-order valence-corrected chi connectivity index (χ3v) is 14.6. The van der Waals surface area contributed by atoms with E-state index in [9.17, 15) is 36.5 Å². The fraction of sp³-hybridized carbons (Fsp3) is 0.429. The number of ether oxygens (including phenoxy) is 2. The molecule has 3 aliphatic rings. The largest absolute Gasteiger partial charge is 0.455 e. The summed E-state index contributed by atoms with van der Waals surface area (Å²) < 4.78 is 80.4. The second kappa shape index (κ2) is 19.2. The molecule has 0 saturated carbocycles. The number of ketones is 1. The third kappa shape index (κ3) is 10.9. The number of aromatic amines is 1. The number of carbonyl (C=O) groups excluding carboxylic acids is 1. The molecule has 2 N–H and O–H groups in total. The van der Waals surface area contributed by atoms with Crippen molar-refractivity contribution < 1.29 is 40.8 Å². The summed E-state index contributed by atoms with van der Waals surface area (Å²) in [5, 5.41) is 15.9. The highest BCUT2D eigenvalue weighted by molar-refractivity contribution is 7.92. The lowest BCUT2D eigenvalue weighted by Gasteiger charge is -2.39. The Labute approximate surface area is 382 Å². The van der Waals surface area contributed by atoms with Gasteiger partial charge in [-0.2, -0.15) is 13.2 Å². The Bertz CT molecular complexity index is 2760. The van der Waals surface area contributed by atoms with Gasteiger partial charge in [0.25, 0.3) is 5.69 Å². The van der Waals surface area contributed by atoms with Crippen molar-refractivity contribution in [1.82, 2.24) is 14.9 Å². The van der Waals surface area contributed by atoms with Crippen molar-refractivity contribution >= 4 is 49.3 Å². The van der Waals surface area contributed by atoms with Gasteiger partial charge in [0.1, 0.15) is 28.6 Å². The molecule has 5 aromatic rings. The van der Waals surface area contributed by atoms with E-state index in [4.69, 9.17) is 9.47 Å². The minimum absolute atomic E-state index is 0.0155. The van der Waals surface area contributed by atoms with Gasteiger partial charge in [-0.25, -0.2) is 13.4 Å². The molecule has 2 aromatic heterocycles. The standard InChI is InChI=1S/C49H55F3N6O7S/c1-32-24-35(49(50,51)52)7-10-40(32)42-28-48(2,3)16-13-34(42)30-56-19-21-57(22-20-56)36-8-11-41(46(26-36)65-38-25-33-14-17-54-47(33)55-29-38)45(59)31-66(62,63)39-9-12-43(44(27-39)58(60)61)53-18-15-37-6-4-5-23-64-37/h7-12,14,17,24-27,29,37,53H,4-6,13,15-16,18-23,28,30-31H2,1-3H3,(H,54,55). The van der Waals surface area contributed by atoms with Gasteiger partial charge < -0.3 is 24.7 Å². The smallest absolute Gasteiger partial charge is 0.416 e. The molecule has 0 bridgehead atoms. The predicted molar refractivity (Wildman–Crippen MR) is 248 cm³/mol. The lowest BCUT2D eigenvalue weighted by molar-refractivity contribution is -0.384. The zero-order valence-corrected chi connectivity index (χ0v) is 38.2. The van der Waals surface area contributed by atoms with Crippen molar-refractivity contribution in [2.45, 2.75) is 82.9 Å². The van der Waals surface area contributed by atoms with Crippen molar-refractivity contribution in [2.75, 3.05) is 61.8 Å². The number of allylic oxidation sites excluding steroid dienone is 1. The number of rotatable bonds is 15. The van der Waals surface area contributed by atoms with E-state index in [1.165, 1.54) is 36.0 Å². The number of pyridine rings is 1. The number of nitro groups is 1. The van der Waals surface area contributed by atoms with E-state index in [1.807, 2.05) is 6.07 Å². The molecule has 0 radical (unpaired) electrons. The molecule has 1 aliphatic carbocycles.